The van der Waals surface area contributed by atoms with Gasteiger partial charge < -0.3 is 0 Å². The van der Waals surface area contributed by atoms with E-state index in [4.69, 9.17) is 0 Å². The molecule has 0 aromatic heterocycles. The van der Waals surface area contributed by atoms with E-state index < -0.39 is 0 Å². The van der Waals surface area contributed by atoms with Gasteiger partial charge in [0.2, 0.25) is 0 Å². The van der Waals surface area contributed by atoms with E-state index >= 15 is 0 Å². The summed E-state index contributed by atoms with van der Waals surface area (Å²) in [6.07, 6.45) is 3.99. The Balaban J connectivity index is 2.29. The fourth-order valence-electron chi connectivity index (χ4n) is 2.04. The Morgan fingerprint density at radius 1 is 1.11 bits per heavy atom. The van der Waals surface area contributed by atoms with Crippen molar-refractivity contribution in [3.05, 3.63) is 88.9 Å². The Kier molecular flexibility index (Phi) is 4.75. The van der Waals surface area contributed by atoms with Crippen LogP contribution in [0.5, 0.6) is 0 Å². The summed E-state index contributed by atoms with van der Waals surface area (Å²) in [5, 5.41) is 0. The molecule has 0 aliphatic heterocycles. The highest BCUT2D eigenvalue weighted by Crippen LogP contribution is 2.28. The summed E-state index contributed by atoms with van der Waals surface area (Å²) in [6, 6.07) is 16.7. The minimum Gasteiger partial charge on any atom is -0.103 e. The number of hydrogen-bond acceptors (Lipinski definition) is 0. The van der Waals surface area contributed by atoms with E-state index in [0.29, 0.717) is 0 Å². The maximum Gasteiger partial charge on any atom is 0.0253 e. The highest BCUT2D eigenvalue weighted by molar-refractivity contribution is 9.10. The van der Waals surface area contributed by atoms with Gasteiger partial charge in [0.25, 0.3) is 0 Å². The SMILES string of the molecule is C=CCCc1cccc(C(=C)c2ccccc2Br)c1. The van der Waals surface area contributed by atoms with Crippen molar-refractivity contribution in [3.8, 4) is 0 Å². The Labute approximate surface area is 123 Å². The molecular weight excluding hydrogens is 296 g/mol. The number of benzene rings is 2. The zero-order valence-electron chi connectivity index (χ0n) is 10.9. The summed E-state index contributed by atoms with van der Waals surface area (Å²) in [5.41, 5.74) is 4.69. The molecular formula is C18H17Br. The van der Waals surface area contributed by atoms with Crippen LogP contribution in [0.25, 0.3) is 5.57 Å². The lowest BCUT2D eigenvalue weighted by atomic mass is 9.97. The van der Waals surface area contributed by atoms with Crippen molar-refractivity contribution in [1.82, 2.24) is 0 Å². The Hall–Kier alpha value is -1.60. The van der Waals surface area contributed by atoms with Crippen molar-refractivity contribution in [2.75, 3.05) is 0 Å². The van der Waals surface area contributed by atoms with Crippen molar-refractivity contribution in [2.45, 2.75) is 12.8 Å². The van der Waals surface area contributed by atoms with Gasteiger partial charge in [-0.05, 0) is 41.2 Å². The lowest BCUT2D eigenvalue weighted by Crippen LogP contribution is -1.90. The van der Waals surface area contributed by atoms with Gasteiger partial charge in [0.15, 0.2) is 0 Å². The van der Waals surface area contributed by atoms with Crippen LogP contribution in [0.1, 0.15) is 23.1 Å². The first-order valence-corrected chi connectivity index (χ1v) is 7.15. The molecule has 0 atom stereocenters. The summed E-state index contributed by atoms with van der Waals surface area (Å²) in [5.74, 6) is 0. The maximum atomic E-state index is 4.23. The number of hydrogen-bond donors (Lipinski definition) is 0. The molecule has 0 fully saturated rings. The summed E-state index contributed by atoms with van der Waals surface area (Å²) >= 11 is 3.58. The van der Waals surface area contributed by atoms with Gasteiger partial charge in [-0.25, -0.2) is 0 Å². The molecule has 0 aliphatic carbocycles. The minimum absolute atomic E-state index is 1.00. The summed E-state index contributed by atoms with van der Waals surface area (Å²) in [4.78, 5) is 0. The molecule has 0 saturated carbocycles. The molecule has 0 nitrogen and oxygen atoms in total. The third kappa shape index (κ3) is 3.45. The second-order valence-corrected chi connectivity index (χ2v) is 5.34. The van der Waals surface area contributed by atoms with E-state index in [-0.39, 0.29) is 0 Å². The number of aryl methyl sites for hydroxylation is 1. The summed E-state index contributed by atoms with van der Waals surface area (Å²) in [6.45, 7) is 8.00. The van der Waals surface area contributed by atoms with Crippen molar-refractivity contribution >= 4 is 21.5 Å². The third-order valence-corrected chi connectivity index (χ3v) is 3.80. The average molecular weight is 313 g/mol. The monoisotopic (exact) mass is 312 g/mol. The Morgan fingerprint density at radius 3 is 2.63 bits per heavy atom. The normalized spacial score (nSPS) is 10.2. The standard InChI is InChI=1S/C18H17Br/c1-3-4-8-15-9-7-10-16(13-15)14(2)17-11-5-6-12-18(17)19/h3,5-7,9-13H,1-2,4,8H2. The zero-order chi connectivity index (χ0) is 13.7. The van der Waals surface area contributed by atoms with Gasteiger partial charge >= 0.3 is 0 Å². The van der Waals surface area contributed by atoms with E-state index in [1.54, 1.807) is 0 Å². The van der Waals surface area contributed by atoms with Gasteiger partial charge in [0.05, 0.1) is 0 Å². The minimum atomic E-state index is 1.00. The Bertz CT molecular complexity index is 596. The quantitative estimate of drug-likeness (QED) is 0.628. The molecule has 0 aliphatic rings. The fraction of sp³-hybridized carbons (Fsp3) is 0.111. The highest BCUT2D eigenvalue weighted by atomic mass is 79.9. The molecule has 19 heavy (non-hydrogen) atoms. The van der Waals surface area contributed by atoms with Gasteiger partial charge in [0, 0.05) is 4.47 Å². The second-order valence-electron chi connectivity index (χ2n) is 4.49. The van der Waals surface area contributed by atoms with E-state index in [9.17, 15) is 0 Å². The largest absolute Gasteiger partial charge is 0.103 e. The molecule has 0 unspecified atom stereocenters. The van der Waals surface area contributed by atoms with Crippen LogP contribution < -0.4 is 0 Å². The molecule has 0 amide bonds. The van der Waals surface area contributed by atoms with Crippen molar-refractivity contribution in [3.63, 3.8) is 0 Å². The predicted octanol–water partition coefficient (Wildman–Crippen LogP) is 5.63. The number of allylic oxidation sites excluding steroid dienone is 1. The van der Waals surface area contributed by atoms with Crippen molar-refractivity contribution in [1.29, 1.82) is 0 Å². The third-order valence-electron chi connectivity index (χ3n) is 3.11. The number of halogens is 1. The van der Waals surface area contributed by atoms with Gasteiger partial charge in [-0.2, -0.15) is 0 Å². The van der Waals surface area contributed by atoms with Crippen molar-refractivity contribution in [2.24, 2.45) is 0 Å². The van der Waals surface area contributed by atoms with Crippen LogP contribution in [0, 0.1) is 0 Å². The molecule has 2 aromatic rings. The average Bonchev–Trinajstić information content (AvgIpc) is 2.45. The van der Waals surface area contributed by atoms with Crippen molar-refractivity contribution < 1.29 is 0 Å². The van der Waals surface area contributed by atoms with Crippen LogP contribution in [0.4, 0.5) is 0 Å². The highest BCUT2D eigenvalue weighted by Gasteiger charge is 2.06. The predicted molar refractivity (Wildman–Crippen MR) is 87.2 cm³/mol. The molecule has 2 rings (SSSR count). The van der Waals surface area contributed by atoms with E-state index in [0.717, 1.165) is 28.5 Å². The Morgan fingerprint density at radius 2 is 1.89 bits per heavy atom. The number of rotatable bonds is 5. The molecule has 0 heterocycles. The first-order valence-electron chi connectivity index (χ1n) is 6.36. The molecule has 96 valence electrons. The van der Waals surface area contributed by atoms with Gasteiger partial charge in [0.1, 0.15) is 0 Å². The van der Waals surface area contributed by atoms with Gasteiger partial charge in [-0.1, -0.05) is 71.0 Å². The smallest absolute Gasteiger partial charge is 0.0253 e. The van der Waals surface area contributed by atoms with Gasteiger partial charge in [-0.3, -0.25) is 0 Å². The lowest BCUT2D eigenvalue weighted by Gasteiger charge is -2.10. The first-order chi connectivity index (χ1) is 9.22. The fourth-order valence-corrected chi connectivity index (χ4v) is 2.57. The first kappa shape index (κ1) is 13.8. The van der Waals surface area contributed by atoms with E-state index in [1.807, 2.05) is 24.3 Å². The van der Waals surface area contributed by atoms with E-state index in [2.05, 4.69) is 59.4 Å². The van der Waals surface area contributed by atoms with Crippen LogP contribution in [0.15, 0.2) is 72.2 Å². The van der Waals surface area contributed by atoms with Crippen LogP contribution in [-0.2, 0) is 6.42 Å². The molecule has 0 bridgehead atoms. The second kappa shape index (κ2) is 6.53. The van der Waals surface area contributed by atoms with Crippen LogP contribution >= 0.6 is 15.9 Å². The molecule has 1 heteroatoms. The molecule has 0 radical (unpaired) electrons. The zero-order valence-corrected chi connectivity index (χ0v) is 12.5. The maximum absolute atomic E-state index is 4.23. The van der Waals surface area contributed by atoms with Gasteiger partial charge in [-0.15, -0.1) is 6.58 Å². The molecule has 0 N–H and O–H groups in total. The molecule has 2 aromatic carbocycles. The summed E-state index contributed by atoms with van der Waals surface area (Å²) < 4.78 is 1.08. The molecule has 0 saturated heterocycles. The lowest BCUT2D eigenvalue weighted by molar-refractivity contribution is 1.00. The topological polar surface area (TPSA) is 0 Å². The van der Waals surface area contributed by atoms with Crippen LogP contribution in [-0.4, -0.2) is 0 Å². The van der Waals surface area contributed by atoms with Crippen LogP contribution in [0.3, 0.4) is 0 Å². The summed E-state index contributed by atoms with van der Waals surface area (Å²) in [7, 11) is 0. The molecule has 0 spiro atoms. The van der Waals surface area contributed by atoms with Crippen LogP contribution in [0.2, 0.25) is 0 Å². The van der Waals surface area contributed by atoms with E-state index in [1.165, 1.54) is 11.1 Å².